The molecule has 0 atom stereocenters. The minimum absolute atomic E-state index is 0.0769. The highest BCUT2D eigenvalue weighted by molar-refractivity contribution is 7.89. The first kappa shape index (κ1) is 19.2. The maximum absolute atomic E-state index is 12.2. The molecule has 0 saturated heterocycles. The molecule has 0 bridgehead atoms. The summed E-state index contributed by atoms with van der Waals surface area (Å²) in [6.07, 6.45) is 1.30. The van der Waals surface area contributed by atoms with E-state index in [0.717, 1.165) is 5.56 Å². The van der Waals surface area contributed by atoms with E-state index in [4.69, 9.17) is 14.6 Å². The topological polar surface area (TPSA) is 144 Å². The average Bonchev–Trinajstić information content (AvgIpc) is 3.12. The Labute approximate surface area is 161 Å². The quantitative estimate of drug-likeness (QED) is 0.488. The van der Waals surface area contributed by atoms with Gasteiger partial charge in [-0.1, -0.05) is 6.07 Å². The fourth-order valence-electron chi connectivity index (χ4n) is 2.40. The number of carbonyl (C=O) groups is 1. The Balaban J connectivity index is 1.60. The molecule has 0 unspecified atom stereocenters. The Morgan fingerprint density at radius 2 is 1.89 bits per heavy atom. The highest BCUT2D eigenvalue weighted by atomic mass is 32.2. The summed E-state index contributed by atoms with van der Waals surface area (Å²) in [5.41, 5.74) is 1.07. The molecule has 0 fully saturated rings. The van der Waals surface area contributed by atoms with Gasteiger partial charge in [0.2, 0.25) is 16.8 Å². The number of nitrogens with one attached hydrogen (secondary N) is 2. The summed E-state index contributed by atoms with van der Waals surface area (Å²) in [5.74, 6) is 0.679. The van der Waals surface area contributed by atoms with Crippen molar-refractivity contribution in [2.24, 2.45) is 5.14 Å². The summed E-state index contributed by atoms with van der Waals surface area (Å²) in [5, 5.41) is 19.6. The molecular formula is C18H16N4O5S. The molecule has 28 heavy (non-hydrogen) atoms. The summed E-state index contributed by atoms with van der Waals surface area (Å²) in [7, 11) is -3.81. The van der Waals surface area contributed by atoms with E-state index in [9.17, 15) is 18.5 Å². The van der Waals surface area contributed by atoms with Gasteiger partial charge >= 0.3 is 0 Å². The second-order valence-corrected chi connectivity index (χ2v) is 7.32. The number of hydrogen-bond donors (Lipinski definition) is 3. The molecular weight excluding hydrogens is 384 g/mol. The third-order valence-electron chi connectivity index (χ3n) is 3.80. The van der Waals surface area contributed by atoms with Crippen LogP contribution < -0.4 is 25.2 Å². The minimum Gasteiger partial charge on any atom is -0.454 e. The summed E-state index contributed by atoms with van der Waals surface area (Å²) >= 11 is 0. The molecule has 3 rings (SSSR count). The van der Waals surface area contributed by atoms with Gasteiger partial charge in [-0.25, -0.2) is 13.6 Å². The standard InChI is InChI=1S/C18H16N4O5S/c19-8-13(10-21-9-12-1-6-16-17(7-12)27-11-26-16)18(23)22-14-2-4-15(5-3-14)28(20,24)25/h1-7,10,21H,9,11H2,(H,22,23)(H2,20,24,25)/b13-10-. The van der Waals surface area contributed by atoms with Crippen molar-refractivity contribution in [3.8, 4) is 17.6 Å². The molecule has 1 aliphatic heterocycles. The van der Waals surface area contributed by atoms with Crippen molar-refractivity contribution in [1.82, 2.24) is 5.32 Å². The molecule has 9 nitrogen and oxygen atoms in total. The van der Waals surface area contributed by atoms with Crippen molar-refractivity contribution >= 4 is 21.6 Å². The number of amides is 1. The van der Waals surface area contributed by atoms with Crippen LogP contribution in [0.15, 0.2) is 59.1 Å². The predicted molar refractivity (Wildman–Crippen MR) is 99.5 cm³/mol. The van der Waals surface area contributed by atoms with E-state index in [1.54, 1.807) is 6.07 Å². The van der Waals surface area contributed by atoms with Crippen LogP contribution in [-0.2, 0) is 21.4 Å². The number of nitriles is 1. The SMILES string of the molecule is N#C/C(=C/NCc1ccc2c(c1)OCO2)C(=O)Nc1ccc(S(N)(=O)=O)cc1. The van der Waals surface area contributed by atoms with Crippen molar-refractivity contribution in [3.05, 3.63) is 59.8 Å². The average molecular weight is 400 g/mol. The molecule has 0 saturated carbocycles. The lowest BCUT2D eigenvalue weighted by molar-refractivity contribution is -0.112. The molecule has 0 radical (unpaired) electrons. The van der Waals surface area contributed by atoms with E-state index in [1.165, 1.54) is 30.5 Å². The Morgan fingerprint density at radius 3 is 2.57 bits per heavy atom. The maximum Gasteiger partial charge on any atom is 0.267 e. The normalized spacial score (nSPS) is 12.9. The molecule has 2 aromatic carbocycles. The molecule has 0 aromatic heterocycles. The lowest BCUT2D eigenvalue weighted by atomic mass is 10.2. The van der Waals surface area contributed by atoms with Gasteiger partial charge in [-0.15, -0.1) is 0 Å². The van der Waals surface area contributed by atoms with E-state index < -0.39 is 15.9 Å². The van der Waals surface area contributed by atoms with E-state index in [-0.39, 0.29) is 17.3 Å². The number of rotatable bonds is 6. The molecule has 0 aliphatic carbocycles. The zero-order chi connectivity index (χ0) is 20.1. The summed E-state index contributed by atoms with van der Waals surface area (Å²) < 4.78 is 33.0. The van der Waals surface area contributed by atoms with Crippen LogP contribution in [0.25, 0.3) is 0 Å². The second-order valence-electron chi connectivity index (χ2n) is 5.76. The number of sulfonamides is 1. The maximum atomic E-state index is 12.2. The number of anilines is 1. The molecule has 1 heterocycles. The van der Waals surface area contributed by atoms with E-state index in [2.05, 4.69) is 10.6 Å². The fourth-order valence-corrected chi connectivity index (χ4v) is 2.91. The van der Waals surface area contributed by atoms with Crippen molar-refractivity contribution in [1.29, 1.82) is 5.26 Å². The molecule has 1 amide bonds. The number of nitrogens with zero attached hydrogens (tertiary/aromatic N) is 1. The number of nitrogens with two attached hydrogens (primary N) is 1. The molecule has 2 aromatic rings. The van der Waals surface area contributed by atoms with Crippen molar-refractivity contribution in [2.45, 2.75) is 11.4 Å². The Hall–Kier alpha value is -3.55. The summed E-state index contributed by atoms with van der Waals surface area (Å²) in [4.78, 5) is 12.1. The molecule has 4 N–H and O–H groups in total. The third kappa shape index (κ3) is 4.59. The molecule has 0 spiro atoms. The summed E-state index contributed by atoms with van der Waals surface area (Å²) in [6.45, 7) is 0.557. The highest BCUT2D eigenvalue weighted by Crippen LogP contribution is 2.32. The van der Waals surface area contributed by atoms with Crippen molar-refractivity contribution in [2.75, 3.05) is 12.1 Å². The van der Waals surface area contributed by atoms with E-state index >= 15 is 0 Å². The second kappa shape index (κ2) is 7.99. The van der Waals surface area contributed by atoms with E-state index in [0.29, 0.717) is 23.7 Å². The Bertz CT molecular complexity index is 1070. The zero-order valence-corrected chi connectivity index (χ0v) is 15.3. The van der Waals surface area contributed by atoms with Crippen LogP contribution in [0.5, 0.6) is 11.5 Å². The van der Waals surface area contributed by atoms with Crippen LogP contribution in [-0.4, -0.2) is 21.1 Å². The van der Waals surface area contributed by atoms with Gasteiger partial charge in [-0.05, 0) is 42.0 Å². The first-order chi connectivity index (χ1) is 13.4. The van der Waals surface area contributed by atoms with Crippen LogP contribution in [0, 0.1) is 11.3 Å². The monoisotopic (exact) mass is 400 g/mol. The van der Waals surface area contributed by atoms with Gasteiger partial charge in [0.05, 0.1) is 4.90 Å². The fraction of sp³-hybridized carbons (Fsp3) is 0.111. The molecule has 144 valence electrons. The molecule has 10 heteroatoms. The Kier molecular flexibility index (Phi) is 5.49. The minimum atomic E-state index is -3.81. The van der Waals surface area contributed by atoms with Crippen LogP contribution in [0.1, 0.15) is 5.56 Å². The number of hydrogen-bond acceptors (Lipinski definition) is 7. The number of benzene rings is 2. The summed E-state index contributed by atoms with van der Waals surface area (Å²) in [6, 6.07) is 12.5. The van der Waals surface area contributed by atoms with Gasteiger partial charge in [-0.2, -0.15) is 5.26 Å². The smallest absolute Gasteiger partial charge is 0.267 e. The van der Waals surface area contributed by atoms with Crippen molar-refractivity contribution in [3.63, 3.8) is 0 Å². The number of primary sulfonamides is 1. The van der Waals surface area contributed by atoms with Gasteiger partial charge in [-0.3, -0.25) is 4.79 Å². The largest absolute Gasteiger partial charge is 0.454 e. The van der Waals surface area contributed by atoms with Gasteiger partial charge in [0, 0.05) is 18.4 Å². The van der Waals surface area contributed by atoms with Gasteiger partial charge < -0.3 is 20.1 Å². The first-order valence-corrected chi connectivity index (χ1v) is 9.58. The first-order valence-electron chi connectivity index (χ1n) is 8.03. The lowest BCUT2D eigenvalue weighted by Crippen LogP contribution is -2.17. The third-order valence-corrected chi connectivity index (χ3v) is 4.72. The van der Waals surface area contributed by atoms with Gasteiger partial charge in [0.15, 0.2) is 11.5 Å². The van der Waals surface area contributed by atoms with E-state index in [1.807, 2.05) is 18.2 Å². The van der Waals surface area contributed by atoms with Gasteiger partial charge in [0.25, 0.3) is 5.91 Å². The van der Waals surface area contributed by atoms with Crippen LogP contribution in [0.4, 0.5) is 5.69 Å². The van der Waals surface area contributed by atoms with Crippen molar-refractivity contribution < 1.29 is 22.7 Å². The van der Waals surface area contributed by atoms with Crippen LogP contribution in [0.2, 0.25) is 0 Å². The number of carbonyl (C=O) groups excluding carboxylic acids is 1. The molecule has 1 aliphatic rings. The lowest BCUT2D eigenvalue weighted by Gasteiger charge is -2.06. The predicted octanol–water partition coefficient (Wildman–Crippen LogP) is 1.20. The zero-order valence-electron chi connectivity index (χ0n) is 14.5. The highest BCUT2D eigenvalue weighted by Gasteiger charge is 2.14. The van der Waals surface area contributed by atoms with Crippen LogP contribution in [0.3, 0.4) is 0 Å². The number of ether oxygens (including phenoxy) is 2. The number of fused-ring (bicyclic) bond motifs is 1. The Morgan fingerprint density at radius 1 is 1.18 bits per heavy atom. The van der Waals surface area contributed by atoms with Crippen LogP contribution >= 0.6 is 0 Å². The van der Waals surface area contributed by atoms with Gasteiger partial charge in [0.1, 0.15) is 11.6 Å².